The van der Waals surface area contributed by atoms with Crippen molar-refractivity contribution in [2.45, 2.75) is 6.92 Å². The fraction of sp³-hybridized carbons (Fsp3) is 0.143. The van der Waals surface area contributed by atoms with E-state index in [9.17, 15) is 0 Å². The molecule has 0 atom stereocenters. The lowest BCUT2D eigenvalue weighted by Crippen LogP contribution is -2.11. The van der Waals surface area contributed by atoms with Crippen LogP contribution >= 0.6 is 15.9 Å². The molecule has 0 unspecified atom stereocenters. The molecule has 58 valence electrons. The van der Waals surface area contributed by atoms with Gasteiger partial charge in [0, 0.05) is 11.8 Å². The zero-order chi connectivity index (χ0) is 8.43. The number of nitrogens with one attached hydrogen (secondary N) is 1. The van der Waals surface area contributed by atoms with E-state index in [2.05, 4.69) is 20.9 Å². The number of rotatable bonds is 1. The summed E-state index contributed by atoms with van der Waals surface area (Å²) in [6.07, 6.45) is 1.57. The first-order valence-electron chi connectivity index (χ1n) is 3.08. The quantitative estimate of drug-likeness (QED) is 0.422. The molecule has 3 nitrogen and oxygen atoms in total. The van der Waals surface area contributed by atoms with Crippen LogP contribution in [0.3, 0.4) is 0 Å². The topological polar surface area (TPSA) is 62.8 Å². The highest BCUT2D eigenvalue weighted by Crippen LogP contribution is 2.12. The fourth-order valence-electron chi connectivity index (χ4n) is 0.705. The molecule has 0 fully saturated rings. The van der Waals surface area contributed by atoms with Gasteiger partial charge in [-0.1, -0.05) is 0 Å². The fourth-order valence-corrected chi connectivity index (χ4v) is 0.922. The van der Waals surface area contributed by atoms with Crippen molar-refractivity contribution in [3.8, 4) is 0 Å². The molecule has 0 aromatic carbocycles. The predicted molar refractivity (Wildman–Crippen MR) is 47.7 cm³/mol. The molecule has 4 heteroatoms. The Kier molecular flexibility index (Phi) is 2.24. The second-order valence-corrected chi connectivity index (χ2v) is 3.00. The molecule has 1 aromatic heterocycles. The van der Waals surface area contributed by atoms with E-state index in [0.29, 0.717) is 5.56 Å². The smallest absolute Gasteiger partial charge is 0.124 e. The third-order valence-electron chi connectivity index (χ3n) is 1.33. The molecular weight excluding hydrogens is 206 g/mol. The summed E-state index contributed by atoms with van der Waals surface area (Å²) in [5.41, 5.74) is 6.90. The first kappa shape index (κ1) is 8.20. The molecule has 1 aromatic rings. The van der Waals surface area contributed by atoms with Crippen LogP contribution in [0, 0.1) is 12.3 Å². The number of halogens is 1. The van der Waals surface area contributed by atoms with Crippen molar-refractivity contribution in [3.05, 3.63) is 28.0 Å². The van der Waals surface area contributed by atoms with E-state index < -0.39 is 0 Å². The van der Waals surface area contributed by atoms with Gasteiger partial charge in [0.2, 0.25) is 0 Å². The van der Waals surface area contributed by atoms with Crippen LogP contribution in [0.15, 0.2) is 16.9 Å². The zero-order valence-electron chi connectivity index (χ0n) is 6.06. The third-order valence-corrected chi connectivity index (χ3v) is 2.16. The van der Waals surface area contributed by atoms with Gasteiger partial charge in [-0.2, -0.15) is 0 Å². The number of hydrogen-bond donors (Lipinski definition) is 2. The highest BCUT2D eigenvalue weighted by Gasteiger charge is 1.99. The maximum atomic E-state index is 7.12. The molecule has 0 saturated carbocycles. The summed E-state index contributed by atoms with van der Waals surface area (Å²) in [5, 5.41) is 7.12. The van der Waals surface area contributed by atoms with Gasteiger partial charge in [-0.05, 0) is 34.5 Å². The number of aryl methyl sites for hydroxylation is 1. The van der Waals surface area contributed by atoms with Gasteiger partial charge in [0.05, 0.1) is 0 Å². The Hall–Kier alpha value is -0.900. The molecule has 0 spiro atoms. The molecule has 1 rings (SSSR count). The summed E-state index contributed by atoms with van der Waals surface area (Å²) >= 11 is 3.26. The van der Waals surface area contributed by atoms with Crippen molar-refractivity contribution < 1.29 is 0 Å². The van der Waals surface area contributed by atoms with Gasteiger partial charge in [-0.15, -0.1) is 0 Å². The lowest BCUT2D eigenvalue weighted by Gasteiger charge is -1.99. The first-order chi connectivity index (χ1) is 5.11. The average Bonchev–Trinajstić information content (AvgIpc) is 1.94. The molecule has 0 radical (unpaired) electrons. The summed E-state index contributed by atoms with van der Waals surface area (Å²) in [4.78, 5) is 4.00. The second kappa shape index (κ2) is 3.00. The van der Waals surface area contributed by atoms with Crippen molar-refractivity contribution in [1.29, 1.82) is 5.41 Å². The number of nitrogens with zero attached hydrogens (tertiary/aromatic N) is 1. The van der Waals surface area contributed by atoms with Crippen LogP contribution < -0.4 is 5.73 Å². The van der Waals surface area contributed by atoms with E-state index in [1.54, 1.807) is 6.20 Å². The molecule has 0 aliphatic carbocycles. The summed E-state index contributed by atoms with van der Waals surface area (Å²) in [6.45, 7) is 1.91. The highest BCUT2D eigenvalue weighted by molar-refractivity contribution is 9.10. The number of aromatic nitrogens is 1. The number of nitrogen functional groups attached to an aromatic ring is 1. The Morgan fingerprint density at radius 3 is 2.82 bits per heavy atom. The highest BCUT2D eigenvalue weighted by atomic mass is 79.9. The minimum absolute atomic E-state index is 0.0492. The molecular formula is C7H8BrN3. The number of pyridine rings is 1. The van der Waals surface area contributed by atoms with Crippen LogP contribution in [0.2, 0.25) is 0 Å². The van der Waals surface area contributed by atoms with Crippen molar-refractivity contribution in [3.63, 3.8) is 0 Å². The molecule has 0 bridgehead atoms. The van der Waals surface area contributed by atoms with Crippen molar-refractivity contribution >= 4 is 21.8 Å². The summed E-state index contributed by atoms with van der Waals surface area (Å²) < 4.78 is 0.794. The van der Waals surface area contributed by atoms with E-state index in [1.165, 1.54) is 0 Å². The predicted octanol–water partition coefficient (Wildman–Crippen LogP) is 1.44. The van der Waals surface area contributed by atoms with Gasteiger partial charge in [0.1, 0.15) is 10.4 Å². The second-order valence-electron chi connectivity index (χ2n) is 2.25. The average molecular weight is 214 g/mol. The number of nitrogens with two attached hydrogens (primary N) is 1. The Labute approximate surface area is 73.3 Å². The molecule has 11 heavy (non-hydrogen) atoms. The van der Waals surface area contributed by atoms with Crippen LogP contribution in [0.1, 0.15) is 11.1 Å². The van der Waals surface area contributed by atoms with Crippen LogP contribution in [0.5, 0.6) is 0 Å². The lowest BCUT2D eigenvalue weighted by atomic mass is 10.2. The maximum absolute atomic E-state index is 7.12. The molecule has 0 saturated heterocycles. The Morgan fingerprint density at radius 1 is 1.73 bits per heavy atom. The lowest BCUT2D eigenvalue weighted by molar-refractivity contribution is 1.20. The zero-order valence-corrected chi connectivity index (χ0v) is 7.64. The summed E-state index contributed by atoms with van der Waals surface area (Å²) in [5.74, 6) is 0.0492. The van der Waals surface area contributed by atoms with Gasteiger partial charge in [-0.3, -0.25) is 5.41 Å². The van der Waals surface area contributed by atoms with Crippen LogP contribution in [0.25, 0.3) is 0 Å². The largest absolute Gasteiger partial charge is 0.384 e. The van der Waals surface area contributed by atoms with Gasteiger partial charge >= 0.3 is 0 Å². The Balaban J connectivity index is 3.15. The molecule has 0 amide bonds. The van der Waals surface area contributed by atoms with E-state index >= 15 is 0 Å². The van der Waals surface area contributed by atoms with E-state index in [0.717, 1.165) is 10.2 Å². The Morgan fingerprint density at radius 2 is 2.36 bits per heavy atom. The standard InChI is InChI=1S/C7H8BrN3/c1-4-2-5(7(9)10)3-11-6(4)8/h2-3H,1H3,(H3,9,10). The van der Waals surface area contributed by atoms with Gasteiger partial charge in [-0.25, -0.2) is 4.98 Å². The monoisotopic (exact) mass is 213 g/mol. The van der Waals surface area contributed by atoms with Crippen LogP contribution in [0.4, 0.5) is 0 Å². The van der Waals surface area contributed by atoms with E-state index in [-0.39, 0.29) is 5.84 Å². The SMILES string of the molecule is Cc1cc(C(=N)N)cnc1Br. The van der Waals surface area contributed by atoms with Gasteiger partial charge in [0.25, 0.3) is 0 Å². The summed E-state index contributed by atoms with van der Waals surface area (Å²) in [7, 11) is 0. The molecule has 1 heterocycles. The normalized spacial score (nSPS) is 9.64. The number of amidine groups is 1. The van der Waals surface area contributed by atoms with Gasteiger partial charge < -0.3 is 5.73 Å². The minimum Gasteiger partial charge on any atom is -0.384 e. The molecule has 0 aliphatic rings. The summed E-state index contributed by atoms with van der Waals surface area (Å²) in [6, 6.07) is 1.82. The minimum atomic E-state index is 0.0492. The van der Waals surface area contributed by atoms with Gasteiger partial charge in [0.15, 0.2) is 0 Å². The molecule has 0 aliphatic heterocycles. The third kappa shape index (κ3) is 1.77. The molecule has 3 N–H and O–H groups in total. The Bertz CT molecular complexity index is 296. The van der Waals surface area contributed by atoms with E-state index in [1.807, 2.05) is 13.0 Å². The number of hydrogen-bond acceptors (Lipinski definition) is 2. The van der Waals surface area contributed by atoms with Crippen molar-refractivity contribution in [1.82, 2.24) is 4.98 Å². The first-order valence-corrected chi connectivity index (χ1v) is 3.87. The van der Waals surface area contributed by atoms with Crippen molar-refractivity contribution in [2.75, 3.05) is 0 Å². The van der Waals surface area contributed by atoms with Crippen LogP contribution in [-0.2, 0) is 0 Å². The maximum Gasteiger partial charge on any atom is 0.124 e. The van der Waals surface area contributed by atoms with Crippen LogP contribution in [-0.4, -0.2) is 10.8 Å². The van der Waals surface area contributed by atoms with E-state index in [4.69, 9.17) is 11.1 Å². The van der Waals surface area contributed by atoms with Crippen molar-refractivity contribution in [2.24, 2.45) is 5.73 Å².